The van der Waals surface area contributed by atoms with E-state index < -0.39 is 0 Å². The third-order valence-electron chi connectivity index (χ3n) is 5.37. The smallest absolute Gasteiger partial charge is 0.222 e. The number of pyridine rings is 1. The fourth-order valence-electron chi connectivity index (χ4n) is 3.88. The van der Waals surface area contributed by atoms with E-state index >= 15 is 0 Å². The average Bonchev–Trinajstić information content (AvgIpc) is 2.79. The zero-order chi connectivity index (χ0) is 20.2. The standard InChI is InChI=1S/C23H23FN4O/c1-2-21(29)28-12-6-8-17(15-28)22-19(18-9-3-4-10-20(18)24)14-26-23(27-22)16-7-5-11-25-13-16/h3-5,7,9-11,13-14,17H,2,6,8,12,15H2,1H3. The van der Waals surface area contributed by atoms with E-state index in [9.17, 15) is 9.18 Å². The highest BCUT2D eigenvalue weighted by Crippen LogP contribution is 2.35. The van der Waals surface area contributed by atoms with Crippen LogP contribution in [0, 0.1) is 5.82 Å². The van der Waals surface area contributed by atoms with E-state index in [0.29, 0.717) is 29.9 Å². The van der Waals surface area contributed by atoms with E-state index in [1.807, 2.05) is 30.0 Å². The van der Waals surface area contributed by atoms with E-state index in [2.05, 4.69) is 9.97 Å². The summed E-state index contributed by atoms with van der Waals surface area (Å²) in [7, 11) is 0. The Hall–Kier alpha value is -3.15. The number of carbonyl (C=O) groups excluding carboxylic acids is 1. The SMILES string of the molecule is CCC(=O)N1CCCC(c2nc(-c3cccnc3)ncc2-c2ccccc2F)C1. The first-order valence-electron chi connectivity index (χ1n) is 9.97. The van der Waals surface area contributed by atoms with Crippen LogP contribution in [0.4, 0.5) is 4.39 Å². The van der Waals surface area contributed by atoms with Crippen molar-refractivity contribution in [2.24, 2.45) is 0 Å². The summed E-state index contributed by atoms with van der Waals surface area (Å²) < 4.78 is 14.6. The van der Waals surface area contributed by atoms with Crippen LogP contribution in [-0.2, 0) is 4.79 Å². The summed E-state index contributed by atoms with van der Waals surface area (Å²) in [6.07, 6.45) is 7.40. The normalized spacial score (nSPS) is 16.6. The largest absolute Gasteiger partial charge is 0.342 e. The van der Waals surface area contributed by atoms with Gasteiger partial charge in [0.2, 0.25) is 5.91 Å². The van der Waals surface area contributed by atoms with Gasteiger partial charge in [-0.25, -0.2) is 14.4 Å². The fourth-order valence-corrected chi connectivity index (χ4v) is 3.88. The van der Waals surface area contributed by atoms with Gasteiger partial charge in [-0.1, -0.05) is 25.1 Å². The van der Waals surface area contributed by atoms with E-state index in [-0.39, 0.29) is 17.6 Å². The number of likely N-dealkylation sites (tertiary alicyclic amines) is 1. The van der Waals surface area contributed by atoms with Gasteiger partial charge in [-0.15, -0.1) is 0 Å². The minimum Gasteiger partial charge on any atom is -0.342 e. The van der Waals surface area contributed by atoms with Crippen LogP contribution < -0.4 is 0 Å². The maximum absolute atomic E-state index is 14.6. The molecule has 0 spiro atoms. The Labute approximate surface area is 169 Å². The molecule has 1 amide bonds. The molecule has 0 radical (unpaired) electrons. The molecule has 1 fully saturated rings. The zero-order valence-corrected chi connectivity index (χ0v) is 16.4. The molecular weight excluding hydrogens is 367 g/mol. The highest BCUT2D eigenvalue weighted by molar-refractivity contribution is 5.76. The molecule has 2 aromatic heterocycles. The van der Waals surface area contributed by atoms with Gasteiger partial charge in [0.25, 0.3) is 0 Å². The second-order valence-electron chi connectivity index (χ2n) is 7.25. The predicted octanol–water partition coefficient (Wildman–Crippen LogP) is 4.46. The van der Waals surface area contributed by atoms with Crippen molar-refractivity contribution in [1.82, 2.24) is 19.9 Å². The molecule has 1 aliphatic rings. The number of carbonyl (C=O) groups is 1. The minimum absolute atomic E-state index is 0.0345. The molecule has 148 valence electrons. The van der Waals surface area contributed by atoms with Gasteiger partial charge in [-0.2, -0.15) is 0 Å². The molecule has 0 saturated carbocycles. The van der Waals surface area contributed by atoms with Gasteiger partial charge in [0.05, 0.1) is 5.69 Å². The lowest BCUT2D eigenvalue weighted by atomic mass is 9.89. The molecule has 0 aliphatic carbocycles. The van der Waals surface area contributed by atoms with Crippen LogP contribution in [0.2, 0.25) is 0 Å². The van der Waals surface area contributed by atoms with Gasteiger partial charge in [0.15, 0.2) is 5.82 Å². The number of aromatic nitrogens is 3. The van der Waals surface area contributed by atoms with Gasteiger partial charge >= 0.3 is 0 Å². The molecule has 4 rings (SSSR count). The van der Waals surface area contributed by atoms with Crippen molar-refractivity contribution in [3.05, 3.63) is 66.5 Å². The van der Waals surface area contributed by atoms with Crippen LogP contribution in [0.25, 0.3) is 22.5 Å². The second-order valence-corrected chi connectivity index (χ2v) is 7.25. The molecule has 1 atom stereocenters. The van der Waals surface area contributed by atoms with Crippen molar-refractivity contribution in [3.8, 4) is 22.5 Å². The Morgan fingerprint density at radius 3 is 2.79 bits per heavy atom. The predicted molar refractivity (Wildman–Crippen MR) is 110 cm³/mol. The van der Waals surface area contributed by atoms with Crippen molar-refractivity contribution in [3.63, 3.8) is 0 Å². The third-order valence-corrected chi connectivity index (χ3v) is 5.37. The highest BCUT2D eigenvalue weighted by Gasteiger charge is 2.28. The van der Waals surface area contributed by atoms with Crippen molar-refractivity contribution in [2.45, 2.75) is 32.1 Å². The number of nitrogens with zero attached hydrogens (tertiary/aromatic N) is 4. The molecule has 29 heavy (non-hydrogen) atoms. The topological polar surface area (TPSA) is 59.0 Å². The summed E-state index contributed by atoms with van der Waals surface area (Å²) in [5, 5.41) is 0. The van der Waals surface area contributed by atoms with Gasteiger partial charge in [-0.05, 0) is 31.0 Å². The van der Waals surface area contributed by atoms with Gasteiger partial charge in [0.1, 0.15) is 5.82 Å². The Balaban J connectivity index is 1.80. The summed E-state index contributed by atoms with van der Waals surface area (Å²) >= 11 is 0. The average molecular weight is 390 g/mol. The zero-order valence-electron chi connectivity index (χ0n) is 16.4. The number of halogens is 1. The Bertz CT molecular complexity index is 1010. The van der Waals surface area contributed by atoms with Gasteiger partial charge in [-0.3, -0.25) is 9.78 Å². The van der Waals surface area contributed by atoms with Crippen molar-refractivity contribution < 1.29 is 9.18 Å². The molecular formula is C23H23FN4O. The molecule has 6 heteroatoms. The van der Waals surface area contributed by atoms with Crippen molar-refractivity contribution in [1.29, 1.82) is 0 Å². The molecule has 1 aromatic carbocycles. The third kappa shape index (κ3) is 4.01. The maximum atomic E-state index is 14.6. The quantitative estimate of drug-likeness (QED) is 0.660. The Morgan fingerprint density at radius 2 is 2.03 bits per heavy atom. The van der Waals surface area contributed by atoms with Crippen LogP contribution in [0.15, 0.2) is 55.0 Å². The summed E-state index contributed by atoms with van der Waals surface area (Å²) in [5.41, 5.74) is 2.77. The van der Waals surface area contributed by atoms with Gasteiger partial charge < -0.3 is 4.90 Å². The molecule has 3 heterocycles. The lowest BCUT2D eigenvalue weighted by Gasteiger charge is -2.33. The molecule has 3 aromatic rings. The maximum Gasteiger partial charge on any atom is 0.222 e. The summed E-state index contributed by atoms with van der Waals surface area (Å²) in [4.78, 5) is 27.7. The fraction of sp³-hybridized carbons (Fsp3) is 0.304. The number of hydrogen-bond acceptors (Lipinski definition) is 4. The monoisotopic (exact) mass is 390 g/mol. The summed E-state index contributed by atoms with van der Waals surface area (Å²) in [6.45, 7) is 3.23. The van der Waals surface area contributed by atoms with E-state index in [0.717, 1.165) is 30.6 Å². The van der Waals surface area contributed by atoms with Gasteiger partial charge in [0, 0.05) is 60.7 Å². The van der Waals surface area contributed by atoms with Crippen LogP contribution in [0.5, 0.6) is 0 Å². The van der Waals surface area contributed by atoms with E-state index in [1.165, 1.54) is 6.07 Å². The summed E-state index contributed by atoms with van der Waals surface area (Å²) in [6, 6.07) is 10.4. The van der Waals surface area contributed by atoms with Crippen LogP contribution in [0.1, 0.15) is 37.8 Å². The Morgan fingerprint density at radius 1 is 1.17 bits per heavy atom. The summed E-state index contributed by atoms with van der Waals surface area (Å²) in [5.74, 6) is 0.437. The number of hydrogen-bond donors (Lipinski definition) is 0. The van der Waals surface area contributed by atoms with E-state index in [1.54, 1.807) is 30.7 Å². The van der Waals surface area contributed by atoms with Crippen LogP contribution in [0.3, 0.4) is 0 Å². The molecule has 5 nitrogen and oxygen atoms in total. The molecule has 0 bridgehead atoms. The number of rotatable bonds is 4. The second kappa shape index (κ2) is 8.47. The highest BCUT2D eigenvalue weighted by atomic mass is 19.1. The minimum atomic E-state index is -0.302. The Kier molecular flexibility index (Phi) is 5.60. The first-order valence-corrected chi connectivity index (χ1v) is 9.97. The van der Waals surface area contributed by atoms with E-state index in [4.69, 9.17) is 4.98 Å². The first-order chi connectivity index (χ1) is 14.2. The number of amides is 1. The van der Waals surface area contributed by atoms with Crippen molar-refractivity contribution >= 4 is 5.91 Å². The van der Waals surface area contributed by atoms with Crippen molar-refractivity contribution in [2.75, 3.05) is 13.1 Å². The molecule has 1 aliphatic heterocycles. The lowest BCUT2D eigenvalue weighted by Crippen LogP contribution is -2.39. The first kappa shape index (κ1) is 19.2. The molecule has 0 N–H and O–H groups in total. The molecule has 1 saturated heterocycles. The van der Waals surface area contributed by atoms with Crippen LogP contribution in [-0.4, -0.2) is 38.8 Å². The molecule has 1 unspecified atom stereocenters. The lowest BCUT2D eigenvalue weighted by molar-refractivity contribution is -0.132. The number of benzene rings is 1. The van der Waals surface area contributed by atoms with Crippen LogP contribution >= 0.6 is 0 Å². The number of piperidine rings is 1.